The molecule has 7 N–H and O–H groups in total. The molecule has 0 unspecified atom stereocenters. The smallest absolute Gasteiger partial charge is 0.475 e. The third-order valence-electron chi connectivity index (χ3n) is 6.96. The van der Waals surface area contributed by atoms with Gasteiger partial charge in [0.2, 0.25) is 5.91 Å². The Morgan fingerprint density at radius 3 is 2.20 bits per heavy atom. The number of carbonyl (C=O) groups excluding carboxylic acids is 3. The normalized spacial score (nSPS) is 10.7. The minimum atomic E-state index is -5.08. The fraction of sp³-hybridized carbons (Fsp3) is 0.250. The molecule has 4 rings (SSSR count). The van der Waals surface area contributed by atoms with E-state index in [0.29, 0.717) is 11.1 Å². The lowest BCUT2D eigenvalue weighted by molar-refractivity contribution is -0.192. The van der Waals surface area contributed by atoms with Crippen LogP contribution in [0.25, 0.3) is 11.3 Å². The van der Waals surface area contributed by atoms with E-state index in [-0.39, 0.29) is 60.9 Å². The number of ether oxygens (including phenoxy) is 2. The number of aromatic nitrogens is 2. The Morgan fingerprint density at radius 1 is 0.963 bits per heavy atom. The van der Waals surface area contributed by atoms with Crippen molar-refractivity contribution in [3.8, 4) is 11.3 Å². The average Bonchev–Trinajstić information content (AvgIpc) is 3.11. The lowest BCUT2D eigenvalue weighted by Gasteiger charge is -2.17. The van der Waals surface area contributed by atoms with Gasteiger partial charge in [-0.15, -0.1) is 0 Å². The van der Waals surface area contributed by atoms with Crippen LogP contribution in [0.15, 0.2) is 83.8 Å². The molecule has 0 bridgehead atoms. The number of amidine groups is 1. The molecule has 286 valence electrons. The molecule has 0 atom stereocenters. The topological polar surface area (TPSA) is 228 Å². The third-order valence-corrected chi connectivity index (χ3v) is 6.96. The van der Waals surface area contributed by atoms with E-state index in [1.54, 1.807) is 37.3 Å². The second-order valence-electron chi connectivity index (χ2n) is 11.6. The van der Waals surface area contributed by atoms with Gasteiger partial charge in [-0.2, -0.15) is 13.2 Å². The molecule has 0 aliphatic heterocycles. The summed E-state index contributed by atoms with van der Waals surface area (Å²) < 4.78 is 43.3. The van der Waals surface area contributed by atoms with Gasteiger partial charge in [0.15, 0.2) is 5.82 Å². The van der Waals surface area contributed by atoms with Gasteiger partial charge in [0.05, 0.1) is 24.1 Å². The van der Waals surface area contributed by atoms with Crippen LogP contribution in [0.4, 0.5) is 29.5 Å². The van der Waals surface area contributed by atoms with Crippen molar-refractivity contribution < 1.29 is 46.9 Å². The van der Waals surface area contributed by atoms with Crippen molar-refractivity contribution in [1.82, 2.24) is 20.2 Å². The summed E-state index contributed by atoms with van der Waals surface area (Å²) >= 11 is 0. The molecule has 54 heavy (non-hydrogen) atoms. The maximum Gasteiger partial charge on any atom is 0.490 e. The Balaban J connectivity index is 0.00000102. The first kappa shape index (κ1) is 41.7. The van der Waals surface area contributed by atoms with Gasteiger partial charge in [-0.3, -0.25) is 24.9 Å². The molecule has 0 aliphatic rings. The zero-order chi connectivity index (χ0) is 40.0. The first-order valence-electron chi connectivity index (χ1n) is 16.1. The number of amides is 2. The SMILES string of the molecule is CCOC(=O)c1cc(N)cc(-c2cnc(NC(C)C)c(=O)n2CC(=O)NCc2ccc(C(=N)NC(=O)OCc3ccccc3)cc2)c1.O=C(O)C(F)(F)F. The zero-order valence-electron chi connectivity index (χ0n) is 29.3. The van der Waals surface area contributed by atoms with Crippen LogP contribution < -0.4 is 27.2 Å². The lowest BCUT2D eigenvalue weighted by Crippen LogP contribution is -2.35. The molecule has 0 aliphatic carbocycles. The minimum Gasteiger partial charge on any atom is -0.475 e. The maximum atomic E-state index is 13.5. The molecule has 0 radical (unpaired) electrons. The lowest BCUT2D eigenvalue weighted by atomic mass is 10.1. The van der Waals surface area contributed by atoms with E-state index in [2.05, 4.69) is 20.9 Å². The molecule has 15 nitrogen and oxygen atoms in total. The number of nitrogens with one attached hydrogen (secondary N) is 4. The summed E-state index contributed by atoms with van der Waals surface area (Å²) in [7, 11) is 0. The fourth-order valence-electron chi connectivity index (χ4n) is 4.50. The number of esters is 1. The summed E-state index contributed by atoms with van der Waals surface area (Å²) in [6, 6.07) is 20.4. The van der Waals surface area contributed by atoms with Gasteiger partial charge in [0.1, 0.15) is 19.0 Å². The summed E-state index contributed by atoms with van der Waals surface area (Å²) in [5, 5.41) is 23.5. The molecule has 0 fully saturated rings. The number of alkyl halides is 3. The number of hydrogen-bond donors (Lipinski definition) is 6. The third kappa shape index (κ3) is 12.8. The Hall–Kier alpha value is -6.72. The van der Waals surface area contributed by atoms with Gasteiger partial charge >= 0.3 is 24.2 Å². The number of carboxylic acid groups (broad SMARTS) is 1. The van der Waals surface area contributed by atoms with Crippen LogP contribution in [0.2, 0.25) is 0 Å². The first-order valence-corrected chi connectivity index (χ1v) is 16.1. The summed E-state index contributed by atoms with van der Waals surface area (Å²) in [6.07, 6.45) is -4.38. The molecule has 0 saturated heterocycles. The van der Waals surface area contributed by atoms with Crippen molar-refractivity contribution in [3.63, 3.8) is 0 Å². The summed E-state index contributed by atoms with van der Waals surface area (Å²) in [5.41, 5.74) is 8.71. The van der Waals surface area contributed by atoms with Crippen molar-refractivity contribution >= 4 is 41.3 Å². The van der Waals surface area contributed by atoms with E-state index in [4.69, 9.17) is 30.5 Å². The number of nitrogens with two attached hydrogens (primary N) is 1. The second-order valence-corrected chi connectivity index (χ2v) is 11.6. The van der Waals surface area contributed by atoms with E-state index >= 15 is 0 Å². The molecule has 3 aromatic carbocycles. The number of benzene rings is 3. The number of nitrogen functional groups attached to an aromatic ring is 1. The van der Waals surface area contributed by atoms with Gasteiger partial charge in [0.25, 0.3) is 5.56 Å². The van der Waals surface area contributed by atoms with Crippen LogP contribution in [0, 0.1) is 5.41 Å². The van der Waals surface area contributed by atoms with E-state index in [9.17, 15) is 32.3 Å². The van der Waals surface area contributed by atoms with Crippen molar-refractivity contribution in [3.05, 3.63) is 112 Å². The van der Waals surface area contributed by atoms with E-state index in [0.717, 1.165) is 11.1 Å². The number of halogens is 3. The second kappa shape index (κ2) is 19.2. The number of anilines is 2. The molecule has 0 saturated carbocycles. The Morgan fingerprint density at radius 2 is 1.61 bits per heavy atom. The Bertz CT molecular complexity index is 2020. The highest BCUT2D eigenvalue weighted by molar-refractivity contribution is 6.04. The van der Waals surface area contributed by atoms with Crippen molar-refractivity contribution in [2.24, 2.45) is 0 Å². The van der Waals surface area contributed by atoms with Crippen molar-refractivity contribution in [2.75, 3.05) is 17.7 Å². The molecule has 4 aromatic rings. The van der Waals surface area contributed by atoms with E-state index in [1.807, 2.05) is 44.2 Å². The molecule has 18 heteroatoms. The summed E-state index contributed by atoms with van der Waals surface area (Å²) in [4.78, 5) is 64.3. The fourth-order valence-corrected chi connectivity index (χ4v) is 4.50. The van der Waals surface area contributed by atoms with Gasteiger partial charge < -0.3 is 30.9 Å². The predicted octanol–water partition coefficient (Wildman–Crippen LogP) is 4.69. The van der Waals surface area contributed by atoms with E-state index in [1.165, 1.54) is 22.9 Å². The zero-order valence-corrected chi connectivity index (χ0v) is 29.3. The van der Waals surface area contributed by atoms with Crippen LogP contribution >= 0.6 is 0 Å². The van der Waals surface area contributed by atoms with Crippen LogP contribution in [0.5, 0.6) is 0 Å². The molecular formula is C36H38F3N7O8. The predicted molar refractivity (Wildman–Crippen MR) is 192 cm³/mol. The van der Waals surface area contributed by atoms with Crippen LogP contribution in [0.3, 0.4) is 0 Å². The molecule has 1 aromatic heterocycles. The summed E-state index contributed by atoms with van der Waals surface area (Å²) in [6.45, 7) is 5.45. The quantitative estimate of drug-likeness (QED) is 0.0503. The van der Waals surface area contributed by atoms with Crippen molar-refractivity contribution in [1.29, 1.82) is 5.41 Å². The first-order chi connectivity index (χ1) is 25.5. The number of alkyl carbamates (subject to hydrolysis) is 1. The number of nitrogens with zero attached hydrogens (tertiary/aromatic N) is 2. The van der Waals surface area contributed by atoms with Gasteiger partial charge in [0, 0.05) is 29.4 Å². The number of aliphatic carboxylic acids is 1. The summed E-state index contributed by atoms with van der Waals surface area (Å²) in [5.74, 6) is -3.85. The molecule has 2 amide bonds. The van der Waals surface area contributed by atoms with Crippen LogP contribution in [-0.2, 0) is 38.8 Å². The number of carboxylic acids is 1. The minimum absolute atomic E-state index is 0.0710. The van der Waals surface area contributed by atoms with Crippen LogP contribution in [0.1, 0.15) is 47.8 Å². The monoisotopic (exact) mass is 753 g/mol. The van der Waals surface area contributed by atoms with Gasteiger partial charge in [-0.05, 0) is 50.1 Å². The highest BCUT2D eigenvalue weighted by Gasteiger charge is 2.38. The number of carbonyl (C=O) groups is 4. The highest BCUT2D eigenvalue weighted by Crippen LogP contribution is 2.24. The number of rotatable bonds is 12. The molecular weight excluding hydrogens is 715 g/mol. The largest absolute Gasteiger partial charge is 0.490 e. The average molecular weight is 754 g/mol. The maximum absolute atomic E-state index is 13.5. The van der Waals surface area contributed by atoms with E-state index < -0.39 is 35.7 Å². The molecule has 0 spiro atoms. The Labute approximate surface area is 306 Å². The van der Waals surface area contributed by atoms with Gasteiger partial charge in [-0.25, -0.2) is 19.4 Å². The standard InChI is InChI=1S/C34H37N7O6.C2HF3O2/c1-4-46-33(44)26-14-25(15-27(35)16-26)28-18-38-31(39-21(2)3)32(43)41(28)19-29(42)37-17-22-10-12-24(13-11-22)30(36)40-34(45)47-20-23-8-6-5-7-9-23;3-2(4,5)1(6)7/h5-16,18,21H,4,17,19-20,35H2,1-3H3,(H,37,42)(H,38,39)(H2,36,40,45);(H,6,7). The number of hydrogen-bond acceptors (Lipinski definition) is 11. The Kier molecular flexibility index (Phi) is 14.8. The molecule has 1 heterocycles. The highest BCUT2D eigenvalue weighted by atomic mass is 19.4. The van der Waals surface area contributed by atoms with Gasteiger partial charge in [-0.1, -0.05) is 54.6 Å². The van der Waals surface area contributed by atoms with Crippen molar-refractivity contribution in [2.45, 2.75) is 52.7 Å². The van der Waals surface area contributed by atoms with Crippen LogP contribution in [-0.4, -0.2) is 63.3 Å².